The molecule has 40 heavy (non-hydrogen) atoms. The number of methoxy groups -OCH3 is 3. The standard InChI is InChI=1S/C32H38N2O6/c1-6-34(21-23-11-7-8-12-27(23)37-3)20-10-9-19-33(2)24-15-13-22(14-16-24)29-32(39-5)28(36)25-17-18-26(35)31(38-4)30(25)40-29/h7-8,11-18,35H,6,9-10,19-21H2,1-5H3. The molecule has 0 bridgehead atoms. The van der Waals surface area contributed by atoms with Crippen molar-refractivity contribution in [2.24, 2.45) is 0 Å². The van der Waals surface area contributed by atoms with Crippen LogP contribution in [-0.2, 0) is 6.54 Å². The molecule has 0 aliphatic carbocycles. The fourth-order valence-electron chi connectivity index (χ4n) is 4.88. The number of para-hydroxylation sites is 1. The summed E-state index contributed by atoms with van der Waals surface area (Å²) in [4.78, 5) is 17.8. The van der Waals surface area contributed by atoms with Gasteiger partial charge in [-0.2, -0.15) is 0 Å². The van der Waals surface area contributed by atoms with E-state index in [1.54, 1.807) is 7.11 Å². The van der Waals surface area contributed by atoms with Crippen molar-refractivity contribution in [3.05, 3.63) is 76.5 Å². The number of aromatic hydroxyl groups is 1. The minimum Gasteiger partial charge on any atom is -0.504 e. The van der Waals surface area contributed by atoms with E-state index in [4.69, 9.17) is 18.6 Å². The van der Waals surface area contributed by atoms with Gasteiger partial charge in [0.15, 0.2) is 17.1 Å². The SMILES string of the molecule is CCN(CCCCN(C)c1ccc(-c2oc3c(OC)c(O)ccc3c(=O)c2OC)cc1)Cc1ccccc1OC. The van der Waals surface area contributed by atoms with Gasteiger partial charge >= 0.3 is 0 Å². The highest BCUT2D eigenvalue weighted by Gasteiger charge is 2.21. The van der Waals surface area contributed by atoms with Crippen molar-refractivity contribution in [3.63, 3.8) is 0 Å². The Hall–Kier alpha value is -4.17. The summed E-state index contributed by atoms with van der Waals surface area (Å²) >= 11 is 0. The Morgan fingerprint density at radius 2 is 1.55 bits per heavy atom. The molecule has 0 aliphatic heterocycles. The minimum absolute atomic E-state index is 0.104. The quantitative estimate of drug-likeness (QED) is 0.207. The largest absolute Gasteiger partial charge is 0.504 e. The van der Waals surface area contributed by atoms with E-state index in [1.807, 2.05) is 36.4 Å². The lowest BCUT2D eigenvalue weighted by molar-refractivity contribution is 0.269. The van der Waals surface area contributed by atoms with Gasteiger partial charge in [0.05, 0.1) is 26.7 Å². The second-order valence-electron chi connectivity index (χ2n) is 9.64. The molecule has 8 nitrogen and oxygen atoms in total. The molecule has 1 aromatic heterocycles. The first-order chi connectivity index (χ1) is 19.4. The molecule has 4 rings (SSSR count). The van der Waals surface area contributed by atoms with Crippen LogP contribution in [0.3, 0.4) is 0 Å². The van der Waals surface area contributed by atoms with Gasteiger partial charge in [-0.25, -0.2) is 0 Å². The lowest BCUT2D eigenvalue weighted by Crippen LogP contribution is -2.25. The van der Waals surface area contributed by atoms with Crippen LogP contribution in [0.1, 0.15) is 25.3 Å². The van der Waals surface area contributed by atoms with Crippen molar-refractivity contribution >= 4 is 16.7 Å². The number of anilines is 1. The van der Waals surface area contributed by atoms with Gasteiger partial charge in [-0.3, -0.25) is 9.69 Å². The van der Waals surface area contributed by atoms with Crippen molar-refractivity contribution in [2.75, 3.05) is 52.9 Å². The zero-order chi connectivity index (χ0) is 28.6. The van der Waals surface area contributed by atoms with Crippen LogP contribution in [0.4, 0.5) is 5.69 Å². The molecule has 0 radical (unpaired) electrons. The highest BCUT2D eigenvalue weighted by Crippen LogP contribution is 2.38. The molecule has 0 saturated carbocycles. The number of phenols is 1. The first-order valence-corrected chi connectivity index (χ1v) is 13.5. The molecule has 4 aromatic rings. The van der Waals surface area contributed by atoms with E-state index in [-0.39, 0.29) is 39.4 Å². The molecule has 1 N–H and O–H groups in total. The maximum atomic E-state index is 13.1. The fraction of sp³-hybridized carbons (Fsp3) is 0.344. The third-order valence-electron chi connectivity index (χ3n) is 7.18. The average molecular weight is 547 g/mol. The number of nitrogens with zero attached hydrogens (tertiary/aromatic N) is 2. The molecular formula is C32H38N2O6. The molecule has 212 valence electrons. The van der Waals surface area contributed by atoms with Crippen LogP contribution < -0.4 is 24.5 Å². The van der Waals surface area contributed by atoms with E-state index in [0.717, 1.165) is 50.5 Å². The maximum Gasteiger partial charge on any atom is 0.235 e. The summed E-state index contributed by atoms with van der Waals surface area (Å²) in [6.45, 7) is 5.97. The van der Waals surface area contributed by atoms with E-state index in [2.05, 4.69) is 35.9 Å². The number of benzene rings is 3. The summed E-state index contributed by atoms with van der Waals surface area (Å²) in [6, 6.07) is 18.9. The van der Waals surface area contributed by atoms with Crippen molar-refractivity contribution in [1.82, 2.24) is 4.90 Å². The van der Waals surface area contributed by atoms with Crippen LogP contribution in [0.5, 0.6) is 23.0 Å². The molecule has 0 saturated heterocycles. The molecule has 8 heteroatoms. The van der Waals surface area contributed by atoms with Crippen molar-refractivity contribution in [2.45, 2.75) is 26.3 Å². The van der Waals surface area contributed by atoms with Crippen LogP contribution >= 0.6 is 0 Å². The molecule has 1 heterocycles. The summed E-state index contributed by atoms with van der Waals surface area (Å²) in [7, 11) is 6.65. The first kappa shape index (κ1) is 28.8. The molecule has 0 unspecified atom stereocenters. The van der Waals surface area contributed by atoms with Gasteiger partial charge in [0.2, 0.25) is 16.9 Å². The van der Waals surface area contributed by atoms with Gasteiger partial charge in [0.1, 0.15) is 5.75 Å². The lowest BCUT2D eigenvalue weighted by atomic mass is 10.1. The van der Waals surface area contributed by atoms with Crippen molar-refractivity contribution in [3.8, 4) is 34.3 Å². The Kier molecular flexibility index (Phi) is 9.56. The number of ether oxygens (including phenoxy) is 3. The Morgan fingerprint density at radius 3 is 2.23 bits per heavy atom. The van der Waals surface area contributed by atoms with Gasteiger partial charge in [0, 0.05) is 37.0 Å². The molecule has 0 atom stereocenters. The van der Waals surface area contributed by atoms with Crippen LogP contribution in [0, 0.1) is 0 Å². The van der Waals surface area contributed by atoms with Gasteiger partial charge in [-0.05, 0) is 68.4 Å². The first-order valence-electron chi connectivity index (χ1n) is 13.5. The normalized spacial score (nSPS) is 11.2. The minimum atomic E-state index is -0.329. The summed E-state index contributed by atoms with van der Waals surface area (Å²) in [5, 5.41) is 10.4. The molecule has 0 fully saturated rings. The molecule has 0 aliphatic rings. The van der Waals surface area contributed by atoms with Crippen LogP contribution in [0.15, 0.2) is 69.9 Å². The van der Waals surface area contributed by atoms with E-state index >= 15 is 0 Å². The lowest BCUT2D eigenvalue weighted by Gasteiger charge is -2.23. The van der Waals surface area contributed by atoms with Gasteiger partial charge in [-0.1, -0.05) is 25.1 Å². The van der Waals surface area contributed by atoms with Gasteiger partial charge in [-0.15, -0.1) is 0 Å². The fourth-order valence-corrected chi connectivity index (χ4v) is 4.88. The van der Waals surface area contributed by atoms with Crippen LogP contribution in [0.2, 0.25) is 0 Å². The summed E-state index contributed by atoms with van der Waals surface area (Å²) in [5.74, 6) is 1.33. The third-order valence-corrected chi connectivity index (χ3v) is 7.18. The second kappa shape index (κ2) is 13.3. The Labute approximate surface area is 235 Å². The van der Waals surface area contributed by atoms with E-state index < -0.39 is 0 Å². The number of hydrogen-bond donors (Lipinski definition) is 1. The maximum absolute atomic E-state index is 13.1. The molecule has 3 aromatic carbocycles. The number of unbranched alkanes of at least 4 members (excludes halogenated alkanes) is 1. The average Bonchev–Trinajstić information content (AvgIpc) is 2.98. The topological polar surface area (TPSA) is 84.6 Å². The number of rotatable bonds is 13. The number of hydrogen-bond acceptors (Lipinski definition) is 8. The summed E-state index contributed by atoms with van der Waals surface area (Å²) in [5.41, 5.74) is 2.80. The predicted octanol–water partition coefficient (Wildman–Crippen LogP) is 5.93. The summed E-state index contributed by atoms with van der Waals surface area (Å²) < 4.78 is 22.3. The molecule has 0 spiro atoms. The van der Waals surface area contributed by atoms with E-state index in [1.165, 1.54) is 31.9 Å². The van der Waals surface area contributed by atoms with Crippen molar-refractivity contribution in [1.29, 1.82) is 0 Å². The summed E-state index contributed by atoms with van der Waals surface area (Å²) in [6.07, 6.45) is 2.14. The van der Waals surface area contributed by atoms with Crippen LogP contribution in [-0.4, -0.2) is 58.0 Å². The second-order valence-corrected chi connectivity index (χ2v) is 9.64. The van der Waals surface area contributed by atoms with Crippen molar-refractivity contribution < 1.29 is 23.7 Å². The monoisotopic (exact) mass is 546 g/mol. The number of fused-ring (bicyclic) bond motifs is 1. The Morgan fingerprint density at radius 1 is 0.850 bits per heavy atom. The highest BCUT2D eigenvalue weighted by molar-refractivity contribution is 5.88. The zero-order valence-corrected chi connectivity index (χ0v) is 23.9. The van der Waals surface area contributed by atoms with Gasteiger partial charge in [0.25, 0.3) is 0 Å². The third kappa shape index (κ3) is 6.18. The van der Waals surface area contributed by atoms with E-state index in [0.29, 0.717) is 5.56 Å². The Balaban J connectivity index is 1.41. The van der Waals surface area contributed by atoms with Gasteiger partial charge < -0.3 is 28.6 Å². The molecule has 0 amide bonds. The van der Waals surface area contributed by atoms with E-state index in [9.17, 15) is 9.90 Å². The highest BCUT2D eigenvalue weighted by atomic mass is 16.5. The zero-order valence-electron chi connectivity index (χ0n) is 23.9. The predicted molar refractivity (Wildman–Crippen MR) is 159 cm³/mol. The smallest absolute Gasteiger partial charge is 0.235 e. The molecular weight excluding hydrogens is 508 g/mol. The number of phenolic OH excluding ortho intramolecular Hbond substituents is 1. The Bertz CT molecular complexity index is 1480. The van der Waals surface area contributed by atoms with Crippen LogP contribution in [0.25, 0.3) is 22.3 Å².